The highest BCUT2D eigenvalue weighted by Gasteiger charge is 2.16. The Bertz CT molecular complexity index is 628. The highest BCUT2D eigenvalue weighted by molar-refractivity contribution is 7.98. The summed E-state index contributed by atoms with van der Waals surface area (Å²) < 4.78 is 10.7. The van der Waals surface area contributed by atoms with Crippen molar-refractivity contribution in [2.75, 3.05) is 18.7 Å². The molecule has 0 unspecified atom stereocenters. The Kier molecular flexibility index (Phi) is 5.72. The van der Waals surface area contributed by atoms with Gasteiger partial charge in [-0.15, -0.1) is 11.8 Å². The third-order valence-electron chi connectivity index (χ3n) is 3.11. The maximum atomic E-state index is 12.2. The van der Waals surface area contributed by atoms with Crippen molar-refractivity contribution in [1.29, 1.82) is 0 Å². The minimum atomic E-state index is -0.594. The second-order valence-electron chi connectivity index (χ2n) is 4.63. The number of carbonyl (C=O) groups is 1. The van der Waals surface area contributed by atoms with E-state index in [0.717, 1.165) is 16.3 Å². The molecule has 1 N–H and O–H groups in total. The first-order valence-corrected chi connectivity index (χ1v) is 8.11. The maximum Gasteiger partial charge on any atom is 0.265 e. The fourth-order valence-electron chi connectivity index (χ4n) is 1.89. The van der Waals surface area contributed by atoms with Gasteiger partial charge in [0.05, 0.1) is 12.8 Å². The van der Waals surface area contributed by atoms with Gasteiger partial charge < -0.3 is 14.8 Å². The number of amides is 1. The Morgan fingerprint density at radius 3 is 2.36 bits per heavy atom. The van der Waals surface area contributed by atoms with Gasteiger partial charge in [0.1, 0.15) is 11.5 Å². The molecule has 2 aromatic carbocycles. The number of rotatable bonds is 6. The van der Waals surface area contributed by atoms with E-state index in [-0.39, 0.29) is 5.91 Å². The molecule has 0 saturated carbocycles. The summed E-state index contributed by atoms with van der Waals surface area (Å²) in [5, 5.41) is 2.89. The molecule has 0 fully saturated rings. The lowest BCUT2D eigenvalue weighted by atomic mass is 10.3. The van der Waals surface area contributed by atoms with Crippen molar-refractivity contribution in [3.63, 3.8) is 0 Å². The van der Waals surface area contributed by atoms with Crippen LogP contribution in [0.3, 0.4) is 0 Å². The quantitative estimate of drug-likeness (QED) is 0.823. The summed E-state index contributed by atoms with van der Waals surface area (Å²) in [5.41, 5.74) is 0.796. The summed E-state index contributed by atoms with van der Waals surface area (Å²) in [4.78, 5) is 13.3. The molecule has 0 saturated heterocycles. The van der Waals surface area contributed by atoms with E-state index in [4.69, 9.17) is 9.47 Å². The number of hydrogen-bond donors (Lipinski definition) is 1. The number of para-hydroxylation sites is 1. The van der Waals surface area contributed by atoms with Crippen LogP contribution in [-0.2, 0) is 4.79 Å². The number of anilines is 1. The van der Waals surface area contributed by atoms with Crippen LogP contribution in [0.15, 0.2) is 53.4 Å². The molecule has 0 aromatic heterocycles. The molecule has 0 radical (unpaired) electrons. The number of methoxy groups -OCH3 is 1. The average Bonchev–Trinajstić information content (AvgIpc) is 2.56. The van der Waals surface area contributed by atoms with Crippen LogP contribution >= 0.6 is 11.8 Å². The van der Waals surface area contributed by atoms with Gasteiger partial charge in [-0.1, -0.05) is 12.1 Å². The molecule has 5 heteroatoms. The highest BCUT2D eigenvalue weighted by atomic mass is 32.2. The molecule has 0 aliphatic rings. The molecule has 0 heterocycles. The predicted octanol–water partition coefficient (Wildman–Crippen LogP) is 3.82. The molecule has 0 aliphatic heterocycles. The van der Waals surface area contributed by atoms with Gasteiger partial charge in [0.2, 0.25) is 0 Å². The van der Waals surface area contributed by atoms with Crippen LogP contribution in [0, 0.1) is 0 Å². The SMILES string of the molecule is COc1ccc(O[C@H](C)C(=O)Nc2ccccc2SC)cc1. The van der Waals surface area contributed by atoms with Gasteiger partial charge in [0, 0.05) is 4.90 Å². The van der Waals surface area contributed by atoms with Crippen LogP contribution in [0.25, 0.3) is 0 Å². The van der Waals surface area contributed by atoms with Crippen molar-refractivity contribution in [1.82, 2.24) is 0 Å². The number of carbonyl (C=O) groups excluding carboxylic acids is 1. The normalized spacial score (nSPS) is 11.6. The minimum absolute atomic E-state index is 0.183. The first-order valence-electron chi connectivity index (χ1n) is 6.88. The Morgan fingerprint density at radius 2 is 1.73 bits per heavy atom. The Hall–Kier alpha value is -2.14. The standard InChI is InChI=1S/C17H19NO3S/c1-12(21-14-10-8-13(20-2)9-11-14)17(19)18-15-6-4-5-7-16(15)22-3/h4-12H,1-3H3,(H,18,19)/t12-/m1/s1. The van der Waals surface area contributed by atoms with E-state index in [1.54, 1.807) is 50.1 Å². The number of nitrogens with one attached hydrogen (secondary N) is 1. The van der Waals surface area contributed by atoms with Crippen molar-refractivity contribution < 1.29 is 14.3 Å². The molecule has 0 aliphatic carbocycles. The van der Waals surface area contributed by atoms with Crippen molar-refractivity contribution in [3.05, 3.63) is 48.5 Å². The third kappa shape index (κ3) is 4.18. The van der Waals surface area contributed by atoms with Gasteiger partial charge in [-0.25, -0.2) is 0 Å². The summed E-state index contributed by atoms with van der Waals surface area (Å²) in [5.74, 6) is 1.19. The topological polar surface area (TPSA) is 47.6 Å². The average molecular weight is 317 g/mol. The van der Waals surface area contributed by atoms with Crippen LogP contribution in [0.2, 0.25) is 0 Å². The summed E-state index contributed by atoms with van der Waals surface area (Å²) >= 11 is 1.59. The van der Waals surface area contributed by atoms with E-state index in [9.17, 15) is 4.79 Å². The zero-order valence-corrected chi connectivity index (χ0v) is 13.6. The van der Waals surface area contributed by atoms with Gasteiger partial charge >= 0.3 is 0 Å². The first-order chi connectivity index (χ1) is 10.6. The Morgan fingerprint density at radius 1 is 1.09 bits per heavy atom. The molecular weight excluding hydrogens is 298 g/mol. The largest absolute Gasteiger partial charge is 0.497 e. The van der Waals surface area contributed by atoms with Gasteiger partial charge in [0.15, 0.2) is 6.10 Å². The van der Waals surface area contributed by atoms with Gasteiger partial charge in [0.25, 0.3) is 5.91 Å². The van der Waals surface area contributed by atoms with E-state index in [2.05, 4.69) is 5.32 Å². The van der Waals surface area contributed by atoms with Crippen LogP contribution in [0.4, 0.5) is 5.69 Å². The fraction of sp³-hybridized carbons (Fsp3) is 0.235. The van der Waals surface area contributed by atoms with E-state index < -0.39 is 6.10 Å². The van der Waals surface area contributed by atoms with E-state index in [0.29, 0.717) is 5.75 Å². The molecule has 1 atom stereocenters. The third-order valence-corrected chi connectivity index (χ3v) is 3.90. The molecule has 4 nitrogen and oxygen atoms in total. The lowest BCUT2D eigenvalue weighted by Gasteiger charge is -2.16. The van der Waals surface area contributed by atoms with Gasteiger partial charge in [-0.3, -0.25) is 4.79 Å². The number of ether oxygens (including phenoxy) is 2. The molecule has 1 amide bonds. The van der Waals surface area contributed by atoms with Gasteiger partial charge in [-0.05, 0) is 49.6 Å². The van der Waals surface area contributed by atoms with Crippen LogP contribution < -0.4 is 14.8 Å². The lowest BCUT2D eigenvalue weighted by molar-refractivity contribution is -0.122. The summed E-state index contributed by atoms with van der Waals surface area (Å²) in [6.07, 6.45) is 1.38. The minimum Gasteiger partial charge on any atom is -0.497 e. The van der Waals surface area contributed by atoms with E-state index in [1.165, 1.54) is 0 Å². The molecule has 116 valence electrons. The summed E-state index contributed by atoms with van der Waals surface area (Å²) in [7, 11) is 1.61. The maximum absolute atomic E-state index is 12.2. The van der Waals surface area contributed by atoms with Crippen LogP contribution in [-0.4, -0.2) is 25.4 Å². The molecule has 2 aromatic rings. The van der Waals surface area contributed by atoms with E-state index in [1.807, 2.05) is 30.5 Å². The van der Waals surface area contributed by atoms with Crippen molar-refractivity contribution >= 4 is 23.4 Å². The number of benzene rings is 2. The Balaban J connectivity index is 1.99. The molecule has 22 heavy (non-hydrogen) atoms. The smallest absolute Gasteiger partial charge is 0.265 e. The molecule has 2 rings (SSSR count). The zero-order valence-electron chi connectivity index (χ0n) is 12.8. The summed E-state index contributed by atoms with van der Waals surface area (Å²) in [6.45, 7) is 1.72. The number of thioether (sulfide) groups is 1. The molecule has 0 bridgehead atoms. The summed E-state index contributed by atoms with van der Waals surface area (Å²) in [6, 6.07) is 14.8. The molecular formula is C17H19NO3S. The van der Waals surface area contributed by atoms with E-state index >= 15 is 0 Å². The fourth-order valence-corrected chi connectivity index (χ4v) is 2.45. The second-order valence-corrected chi connectivity index (χ2v) is 5.47. The van der Waals surface area contributed by atoms with Crippen molar-refractivity contribution in [3.8, 4) is 11.5 Å². The van der Waals surface area contributed by atoms with Crippen LogP contribution in [0.5, 0.6) is 11.5 Å². The predicted molar refractivity (Wildman–Crippen MR) is 89.9 cm³/mol. The van der Waals surface area contributed by atoms with Crippen molar-refractivity contribution in [2.24, 2.45) is 0 Å². The first kappa shape index (κ1) is 16.2. The highest BCUT2D eigenvalue weighted by Crippen LogP contribution is 2.25. The molecule has 0 spiro atoms. The van der Waals surface area contributed by atoms with Gasteiger partial charge in [-0.2, -0.15) is 0 Å². The zero-order chi connectivity index (χ0) is 15.9. The monoisotopic (exact) mass is 317 g/mol. The van der Waals surface area contributed by atoms with Crippen LogP contribution in [0.1, 0.15) is 6.92 Å². The second kappa shape index (κ2) is 7.75. The Labute approximate surface area is 134 Å². The number of hydrogen-bond acceptors (Lipinski definition) is 4. The lowest BCUT2D eigenvalue weighted by Crippen LogP contribution is -2.30. The van der Waals surface area contributed by atoms with Crippen molar-refractivity contribution in [2.45, 2.75) is 17.9 Å².